The van der Waals surface area contributed by atoms with Gasteiger partial charge in [-0.15, -0.1) is 0 Å². The van der Waals surface area contributed by atoms with Gasteiger partial charge in [-0.25, -0.2) is 14.8 Å². The van der Waals surface area contributed by atoms with Crippen LogP contribution < -0.4 is 9.47 Å². The Balaban J connectivity index is 0.000000272. The van der Waals surface area contributed by atoms with Gasteiger partial charge in [0, 0.05) is 34.0 Å². The molecule has 2 aromatic carbocycles. The van der Waals surface area contributed by atoms with Crippen molar-refractivity contribution in [3.63, 3.8) is 0 Å². The molecule has 0 aliphatic heterocycles. The first kappa shape index (κ1) is 40.4. The number of carbonyl (C=O) groups is 1. The SMILES string of the molecule is COc1cccc(-c2nc(CI)c(C(C)C)o2)c1.COc1cccc(-c2nc(COC[C@@H]3CCC[C@H](COC(C)(C)C(=O)O)C3)c(C(C)C)o2)c1. The summed E-state index contributed by atoms with van der Waals surface area (Å²) in [5, 5.41) is 9.24. The van der Waals surface area contributed by atoms with Crippen molar-refractivity contribution < 1.29 is 37.7 Å². The number of alkyl halides is 1. The van der Waals surface area contributed by atoms with Crippen LogP contribution in [-0.4, -0.2) is 54.1 Å². The normalized spacial score (nSPS) is 16.2. The number of hydrogen-bond donors (Lipinski definition) is 1. The van der Waals surface area contributed by atoms with Crippen LogP contribution in [-0.2, 0) is 25.3 Å². The fourth-order valence-corrected chi connectivity index (χ4v) is 6.55. The summed E-state index contributed by atoms with van der Waals surface area (Å²) in [6, 6.07) is 15.5. The van der Waals surface area contributed by atoms with Crippen LogP contribution in [0.4, 0.5) is 0 Å². The molecule has 5 rings (SSSR count). The predicted molar refractivity (Wildman–Crippen MR) is 206 cm³/mol. The van der Waals surface area contributed by atoms with Gasteiger partial charge < -0.3 is 32.9 Å². The van der Waals surface area contributed by atoms with E-state index in [1.165, 1.54) is 0 Å². The fourth-order valence-electron chi connectivity index (χ4n) is 6.00. The van der Waals surface area contributed by atoms with E-state index in [9.17, 15) is 9.90 Å². The van der Waals surface area contributed by atoms with E-state index in [1.807, 2.05) is 48.5 Å². The smallest absolute Gasteiger partial charge is 0.335 e. The molecule has 278 valence electrons. The van der Waals surface area contributed by atoms with Gasteiger partial charge in [0.15, 0.2) is 5.60 Å². The molecule has 1 fully saturated rings. The van der Waals surface area contributed by atoms with Gasteiger partial charge >= 0.3 is 5.97 Å². The molecule has 11 heteroatoms. The molecule has 0 bridgehead atoms. The van der Waals surface area contributed by atoms with Crippen LogP contribution in [0.2, 0.25) is 0 Å². The zero-order valence-corrected chi connectivity index (χ0v) is 33.3. The molecule has 0 saturated heterocycles. The highest BCUT2D eigenvalue weighted by atomic mass is 127. The van der Waals surface area contributed by atoms with Gasteiger partial charge in [-0.1, -0.05) is 68.8 Å². The molecule has 2 aromatic heterocycles. The van der Waals surface area contributed by atoms with Gasteiger partial charge in [0.05, 0.1) is 33.1 Å². The Labute approximate surface area is 315 Å². The van der Waals surface area contributed by atoms with E-state index < -0.39 is 11.6 Å². The van der Waals surface area contributed by atoms with Crippen LogP contribution in [0, 0.1) is 11.8 Å². The number of methoxy groups -OCH3 is 2. The second-order valence-corrected chi connectivity index (χ2v) is 14.9. The molecule has 0 unspecified atom stereocenters. The molecule has 1 saturated carbocycles. The third-order valence-corrected chi connectivity index (χ3v) is 9.67. The van der Waals surface area contributed by atoms with Crippen molar-refractivity contribution in [1.82, 2.24) is 9.97 Å². The van der Waals surface area contributed by atoms with Crippen LogP contribution in [0.15, 0.2) is 57.4 Å². The number of benzene rings is 2. The molecule has 0 amide bonds. The molecule has 0 spiro atoms. The summed E-state index contributed by atoms with van der Waals surface area (Å²) >= 11 is 2.31. The first-order valence-corrected chi connectivity index (χ1v) is 19.2. The first-order chi connectivity index (χ1) is 24.3. The lowest BCUT2D eigenvalue weighted by molar-refractivity contribution is -0.163. The molecule has 2 heterocycles. The van der Waals surface area contributed by atoms with E-state index >= 15 is 0 Å². The topological polar surface area (TPSA) is 126 Å². The van der Waals surface area contributed by atoms with Crippen LogP contribution in [0.1, 0.15) is 102 Å². The van der Waals surface area contributed by atoms with Gasteiger partial charge in [-0.05, 0) is 81.3 Å². The maximum atomic E-state index is 11.3. The van der Waals surface area contributed by atoms with Crippen molar-refractivity contribution in [1.29, 1.82) is 0 Å². The molecule has 1 aliphatic carbocycles. The minimum atomic E-state index is -1.15. The quantitative estimate of drug-likeness (QED) is 0.0915. The summed E-state index contributed by atoms with van der Waals surface area (Å²) in [7, 11) is 3.30. The van der Waals surface area contributed by atoms with Crippen LogP contribution in [0.25, 0.3) is 22.9 Å². The Morgan fingerprint density at radius 2 is 1.37 bits per heavy atom. The molecular weight excluding hydrogens is 763 g/mol. The van der Waals surface area contributed by atoms with E-state index in [1.54, 1.807) is 28.1 Å². The molecule has 0 radical (unpaired) electrons. The number of carboxylic acids is 1. The molecule has 51 heavy (non-hydrogen) atoms. The van der Waals surface area contributed by atoms with Crippen LogP contribution in [0.5, 0.6) is 11.5 Å². The fraction of sp³-hybridized carbons (Fsp3) is 0.525. The third kappa shape index (κ3) is 11.3. The summed E-state index contributed by atoms with van der Waals surface area (Å²) in [5.74, 6) is 5.06. The average Bonchev–Trinajstić information content (AvgIpc) is 3.77. The minimum absolute atomic E-state index is 0.198. The maximum Gasteiger partial charge on any atom is 0.335 e. The van der Waals surface area contributed by atoms with E-state index in [0.717, 1.165) is 75.6 Å². The Hall–Kier alpha value is -3.42. The number of rotatable bonds is 15. The summed E-state index contributed by atoms with van der Waals surface area (Å²) < 4.78 is 35.1. The summed E-state index contributed by atoms with van der Waals surface area (Å²) in [6.07, 6.45) is 4.28. The summed E-state index contributed by atoms with van der Waals surface area (Å²) in [6.45, 7) is 13.1. The van der Waals surface area contributed by atoms with Gasteiger partial charge in [0.25, 0.3) is 0 Å². The zero-order chi connectivity index (χ0) is 37.1. The van der Waals surface area contributed by atoms with E-state index in [4.69, 9.17) is 32.8 Å². The Bertz CT molecular complexity index is 1700. The second-order valence-electron chi connectivity index (χ2n) is 14.1. The van der Waals surface area contributed by atoms with Crippen LogP contribution in [0.3, 0.4) is 0 Å². The van der Waals surface area contributed by atoms with Gasteiger partial charge in [0.1, 0.15) is 28.7 Å². The Morgan fingerprint density at radius 3 is 1.84 bits per heavy atom. The summed E-state index contributed by atoms with van der Waals surface area (Å²) in [5.41, 5.74) is 2.55. The molecule has 1 N–H and O–H groups in total. The number of ether oxygens (including phenoxy) is 4. The lowest BCUT2D eigenvalue weighted by atomic mass is 9.82. The van der Waals surface area contributed by atoms with E-state index in [-0.39, 0.29) is 5.92 Å². The number of nitrogens with zero attached hydrogens (tertiary/aromatic N) is 2. The Morgan fingerprint density at radius 1 is 0.863 bits per heavy atom. The molecule has 4 aromatic rings. The van der Waals surface area contributed by atoms with Crippen molar-refractivity contribution in [2.45, 2.75) is 95.7 Å². The highest BCUT2D eigenvalue weighted by Crippen LogP contribution is 2.33. The number of aliphatic carboxylic acids is 1. The minimum Gasteiger partial charge on any atom is -0.497 e. The van der Waals surface area contributed by atoms with Crippen molar-refractivity contribution in [3.05, 3.63) is 71.4 Å². The standard InChI is InChI=1S/C26H37NO6.C14H16INO2/c1-17(2)23-22(27-24(33-23)20-10-7-11-21(13-20)30-5)16-31-14-18-8-6-9-19(12-18)15-32-26(3,4)25(28)29;1-9(2)13-12(8-15)16-14(18-13)10-5-4-6-11(7-10)17-3/h7,10-11,13,17-19H,6,8-9,12,14-16H2,1-5H3,(H,28,29);4-7,9H,8H2,1-3H3/t18-,19+;/m1./s1. The predicted octanol–water partition coefficient (Wildman–Crippen LogP) is 10.1. The summed E-state index contributed by atoms with van der Waals surface area (Å²) in [4.78, 5) is 20.6. The number of carboxylic acid groups (broad SMARTS) is 1. The average molecular weight is 817 g/mol. The second kappa shape index (κ2) is 18.9. The monoisotopic (exact) mass is 816 g/mol. The highest BCUT2D eigenvalue weighted by molar-refractivity contribution is 14.1. The van der Waals surface area contributed by atoms with Gasteiger partial charge in [0.2, 0.25) is 11.8 Å². The maximum absolute atomic E-state index is 11.3. The first-order valence-electron chi connectivity index (χ1n) is 17.6. The third-order valence-electron chi connectivity index (χ3n) is 8.94. The van der Waals surface area contributed by atoms with Crippen molar-refractivity contribution in [2.75, 3.05) is 27.4 Å². The molecule has 10 nitrogen and oxygen atoms in total. The number of halogens is 1. The van der Waals surface area contributed by atoms with E-state index in [0.29, 0.717) is 49.4 Å². The molecule has 2 atom stereocenters. The number of hydrogen-bond acceptors (Lipinski definition) is 9. The van der Waals surface area contributed by atoms with Crippen molar-refractivity contribution >= 4 is 28.6 Å². The highest BCUT2D eigenvalue weighted by Gasteiger charge is 2.31. The van der Waals surface area contributed by atoms with E-state index in [2.05, 4.69) is 55.3 Å². The van der Waals surface area contributed by atoms with Gasteiger partial charge in [-0.3, -0.25) is 0 Å². The lowest BCUT2D eigenvalue weighted by Gasteiger charge is -2.31. The number of oxazole rings is 2. The molecular formula is C40H53IN2O8. The molecule has 1 aliphatic rings. The zero-order valence-electron chi connectivity index (χ0n) is 31.2. The van der Waals surface area contributed by atoms with Crippen LogP contribution >= 0.6 is 22.6 Å². The van der Waals surface area contributed by atoms with Crippen molar-refractivity contribution in [2.24, 2.45) is 11.8 Å². The van der Waals surface area contributed by atoms with Gasteiger partial charge in [-0.2, -0.15) is 0 Å². The lowest BCUT2D eigenvalue weighted by Crippen LogP contribution is -2.37. The number of aromatic nitrogens is 2. The largest absolute Gasteiger partial charge is 0.497 e. The Kier molecular flexibility index (Phi) is 14.9. The van der Waals surface area contributed by atoms with Crippen molar-refractivity contribution in [3.8, 4) is 34.4 Å².